The third kappa shape index (κ3) is 3.85. The highest BCUT2D eigenvalue weighted by atomic mass is 16.5. The molecule has 1 amide bonds. The Labute approximate surface area is 101 Å². The Morgan fingerprint density at radius 3 is 2.94 bits per heavy atom. The lowest BCUT2D eigenvalue weighted by molar-refractivity contribution is -0.139. The Bertz CT molecular complexity index is 312. The Hall–Kier alpha value is -1.36. The number of carbonyl (C=O) groups is 2. The average Bonchev–Trinajstić information content (AvgIpc) is 2.36. The summed E-state index contributed by atoms with van der Waals surface area (Å²) in [5.41, 5.74) is 1.19. The van der Waals surface area contributed by atoms with Crippen molar-refractivity contribution in [2.24, 2.45) is 0 Å². The fraction of sp³-hybridized carbons (Fsp3) is 0.667. The first-order chi connectivity index (χ1) is 8.22. The van der Waals surface area contributed by atoms with Gasteiger partial charge in [-0.25, -0.2) is 4.79 Å². The number of carbonyl (C=O) groups excluding carboxylic acids is 2. The fourth-order valence-corrected chi connectivity index (χ4v) is 1.84. The van der Waals surface area contributed by atoms with Crippen LogP contribution < -0.4 is 5.32 Å². The predicted molar refractivity (Wildman–Crippen MR) is 62.1 cm³/mol. The molecule has 0 radical (unpaired) electrons. The number of ether oxygens (including phenoxy) is 2. The summed E-state index contributed by atoms with van der Waals surface area (Å²) in [7, 11) is 0. The molecule has 1 unspecified atom stereocenters. The van der Waals surface area contributed by atoms with Crippen molar-refractivity contribution in [1.29, 1.82) is 0 Å². The van der Waals surface area contributed by atoms with E-state index in [-0.39, 0.29) is 11.8 Å². The lowest BCUT2D eigenvalue weighted by Gasteiger charge is -2.25. The number of esters is 1. The minimum absolute atomic E-state index is 0.122. The van der Waals surface area contributed by atoms with Gasteiger partial charge in [0.2, 0.25) is 6.41 Å². The second-order valence-electron chi connectivity index (χ2n) is 3.82. The van der Waals surface area contributed by atoms with Crippen molar-refractivity contribution in [3.05, 3.63) is 11.3 Å². The van der Waals surface area contributed by atoms with Gasteiger partial charge in [-0.3, -0.25) is 4.79 Å². The van der Waals surface area contributed by atoms with E-state index >= 15 is 0 Å². The molecular formula is C12H19NO4. The molecule has 17 heavy (non-hydrogen) atoms. The van der Waals surface area contributed by atoms with Gasteiger partial charge < -0.3 is 14.8 Å². The first kappa shape index (κ1) is 13.7. The molecular weight excluding hydrogens is 222 g/mol. The number of amides is 1. The van der Waals surface area contributed by atoms with E-state index in [4.69, 9.17) is 9.47 Å². The van der Waals surface area contributed by atoms with Gasteiger partial charge in [-0.05, 0) is 31.8 Å². The summed E-state index contributed by atoms with van der Waals surface area (Å²) in [6, 6.07) is 0. The molecule has 0 saturated carbocycles. The van der Waals surface area contributed by atoms with Crippen LogP contribution in [0.25, 0.3) is 0 Å². The maximum absolute atomic E-state index is 11.7. The van der Waals surface area contributed by atoms with Gasteiger partial charge >= 0.3 is 5.97 Å². The van der Waals surface area contributed by atoms with E-state index in [1.165, 1.54) is 0 Å². The molecule has 1 heterocycles. The third-order valence-electron chi connectivity index (χ3n) is 2.72. The molecule has 1 saturated heterocycles. The van der Waals surface area contributed by atoms with Gasteiger partial charge in [-0.15, -0.1) is 0 Å². The monoisotopic (exact) mass is 241 g/mol. The molecule has 0 aromatic carbocycles. The largest absolute Gasteiger partial charge is 0.461 e. The zero-order valence-electron chi connectivity index (χ0n) is 10.3. The summed E-state index contributed by atoms with van der Waals surface area (Å²) >= 11 is 0. The van der Waals surface area contributed by atoms with Crippen LogP contribution in [0.15, 0.2) is 11.3 Å². The molecule has 0 aromatic heterocycles. The lowest BCUT2D eigenvalue weighted by atomic mass is 9.98. The van der Waals surface area contributed by atoms with E-state index in [9.17, 15) is 9.59 Å². The Kier molecular flexibility index (Phi) is 5.69. The zero-order chi connectivity index (χ0) is 12.7. The van der Waals surface area contributed by atoms with Crippen molar-refractivity contribution < 1.29 is 19.1 Å². The fourth-order valence-electron chi connectivity index (χ4n) is 1.84. The number of hydrogen-bond acceptors (Lipinski definition) is 4. The SMILES string of the molecule is CCOC(=O)C(NC=O)=C1CCOC(CC)C1. The maximum Gasteiger partial charge on any atom is 0.354 e. The van der Waals surface area contributed by atoms with Crippen molar-refractivity contribution in [1.82, 2.24) is 5.32 Å². The topological polar surface area (TPSA) is 64.6 Å². The summed E-state index contributed by atoms with van der Waals surface area (Å²) in [5.74, 6) is -0.466. The maximum atomic E-state index is 11.7. The summed E-state index contributed by atoms with van der Waals surface area (Å²) in [4.78, 5) is 22.2. The van der Waals surface area contributed by atoms with Gasteiger partial charge in [0.1, 0.15) is 5.70 Å². The molecule has 1 atom stereocenters. The summed E-state index contributed by atoms with van der Waals surface area (Å²) in [6.45, 7) is 4.64. The molecule has 0 aromatic rings. The minimum atomic E-state index is -0.466. The smallest absolute Gasteiger partial charge is 0.354 e. The molecule has 1 aliphatic rings. The van der Waals surface area contributed by atoms with Crippen LogP contribution >= 0.6 is 0 Å². The van der Waals surface area contributed by atoms with Crippen LogP contribution in [0.2, 0.25) is 0 Å². The van der Waals surface area contributed by atoms with Crippen molar-refractivity contribution in [2.45, 2.75) is 39.2 Å². The highest BCUT2D eigenvalue weighted by Crippen LogP contribution is 2.23. The van der Waals surface area contributed by atoms with E-state index in [1.54, 1.807) is 6.92 Å². The Morgan fingerprint density at radius 1 is 1.59 bits per heavy atom. The van der Waals surface area contributed by atoms with Crippen LogP contribution in [0.3, 0.4) is 0 Å². The first-order valence-electron chi connectivity index (χ1n) is 5.93. The molecule has 0 spiro atoms. The predicted octanol–water partition coefficient (Wildman–Crippen LogP) is 1.14. The van der Waals surface area contributed by atoms with Crippen molar-refractivity contribution in [3.8, 4) is 0 Å². The summed E-state index contributed by atoms with van der Waals surface area (Å²) in [5, 5.41) is 2.45. The third-order valence-corrected chi connectivity index (χ3v) is 2.72. The summed E-state index contributed by atoms with van der Waals surface area (Å²) < 4.78 is 10.4. The van der Waals surface area contributed by atoms with E-state index in [0.29, 0.717) is 32.5 Å². The minimum Gasteiger partial charge on any atom is -0.461 e. The zero-order valence-corrected chi connectivity index (χ0v) is 10.3. The van der Waals surface area contributed by atoms with Crippen molar-refractivity contribution in [3.63, 3.8) is 0 Å². The van der Waals surface area contributed by atoms with Crippen LogP contribution in [-0.4, -0.2) is 31.7 Å². The van der Waals surface area contributed by atoms with Gasteiger partial charge in [0.05, 0.1) is 19.3 Å². The number of hydrogen-bond donors (Lipinski definition) is 1. The molecule has 5 nitrogen and oxygen atoms in total. The van der Waals surface area contributed by atoms with E-state index < -0.39 is 5.97 Å². The molecule has 5 heteroatoms. The van der Waals surface area contributed by atoms with E-state index in [0.717, 1.165) is 12.0 Å². The van der Waals surface area contributed by atoms with E-state index in [1.807, 2.05) is 6.92 Å². The molecule has 1 N–H and O–H groups in total. The number of rotatable bonds is 5. The van der Waals surface area contributed by atoms with Gasteiger partial charge in [0.15, 0.2) is 0 Å². The van der Waals surface area contributed by atoms with Gasteiger partial charge in [-0.2, -0.15) is 0 Å². The highest BCUT2D eigenvalue weighted by molar-refractivity contribution is 5.91. The molecule has 1 aliphatic heterocycles. The number of nitrogens with one attached hydrogen (secondary N) is 1. The van der Waals surface area contributed by atoms with Gasteiger partial charge in [0, 0.05) is 0 Å². The molecule has 1 rings (SSSR count). The van der Waals surface area contributed by atoms with Gasteiger partial charge in [0.25, 0.3) is 0 Å². The van der Waals surface area contributed by atoms with E-state index in [2.05, 4.69) is 5.32 Å². The second-order valence-corrected chi connectivity index (χ2v) is 3.82. The quantitative estimate of drug-likeness (QED) is 0.445. The van der Waals surface area contributed by atoms with Crippen LogP contribution in [0.5, 0.6) is 0 Å². The van der Waals surface area contributed by atoms with Crippen molar-refractivity contribution >= 4 is 12.4 Å². The molecule has 0 aliphatic carbocycles. The normalized spacial score (nSPS) is 22.8. The van der Waals surface area contributed by atoms with Crippen LogP contribution in [0.4, 0.5) is 0 Å². The first-order valence-corrected chi connectivity index (χ1v) is 5.93. The molecule has 0 bridgehead atoms. The standard InChI is InChI=1S/C12H19NO4/c1-3-10-7-9(5-6-17-10)11(13-8-14)12(15)16-4-2/h8,10H,3-7H2,1-2H3,(H,13,14). The highest BCUT2D eigenvalue weighted by Gasteiger charge is 2.23. The average molecular weight is 241 g/mol. The van der Waals surface area contributed by atoms with Gasteiger partial charge in [-0.1, -0.05) is 6.92 Å². The van der Waals surface area contributed by atoms with Crippen molar-refractivity contribution in [2.75, 3.05) is 13.2 Å². The van der Waals surface area contributed by atoms with Crippen LogP contribution in [0.1, 0.15) is 33.1 Å². The summed E-state index contributed by atoms with van der Waals surface area (Å²) in [6.07, 6.45) is 2.85. The molecule has 1 fully saturated rings. The second kappa shape index (κ2) is 7.06. The van der Waals surface area contributed by atoms with Crippen LogP contribution in [-0.2, 0) is 19.1 Å². The molecule has 96 valence electrons. The van der Waals surface area contributed by atoms with Crippen LogP contribution in [0, 0.1) is 0 Å². The Balaban J connectivity index is 2.84. The Morgan fingerprint density at radius 2 is 2.35 bits per heavy atom. The lowest BCUT2D eigenvalue weighted by Crippen LogP contribution is -2.28.